The number of fused-ring (bicyclic) bond motifs is 2. The van der Waals surface area contributed by atoms with Crippen molar-refractivity contribution in [2.75, 3.05) is 0 Å². The first-order chi connectivity index (χ1) is 10.5. The molecule has 6 atom stereocenters. The highest BCUT2D eigenvalue weighted by molar-refractivity contribution is 5.21. The van der Waals surface area contributed by atoms with Crippen molar-refractivity contribution in [2.24, 2.45) is 17.3 Å². The third-order valence-electron chi connectivity index (χ3n) is 6.59. The lowest BCUT2D eigenvalue weighted by Crippen LogP contribution is -2.28. The van der Waals surface area contributed by atoms with Crippen LogP contribution >= 0.6 is 0 Å². The lowest BCUT2D eigenvalue weighted by molar-refractivity contribution is 0.127. The molecule has 2 aliphatic carbocycles. The Bertz CT molecular complexity index is 517. The van der Waals surface area contributed by atoms with E-state index in [1.165, 1.54) is 6.42 Å². The maximum atomic E-state index is 10.5. The minimum absolute atomic E-state index is 0.110. The zero-order valence-corrected chi connectivity index (χ0v) is 15.0. The Morgan fingerprint density at radius 3 is 2.65 bits per heavy atom. The second kappa shape index (κ2) is 5.44. The predicted octanol–water partition coefficient (Wildman–Crippen LogP) is 3.60. The first-order valence-electron chi connectivity index (χ1n) is 9.00. The summed E-state index contributed by atoms with van der Waals surface area (Å²) in [7, 11) is 0. The van der Waals surface area contributed by atoms with Crippen molar-refractivity contribution >= 4 is 0 Å². The van der Waals surface area contributed by atoms with Crippen LogP contribution < -0.4 is 0 Å². The first kappa shape index (κ1) is 17.2. The van der Waals surface area contributed by atoms with Crippen molar-refractivity contribution in [3.63, 3.8) is 0 Å². The van der Waals surface area contributed by atoms with Crippen LogP contribution in [0, 0.1) is 17.3 Å². The summed E-state index contributed by atoms with van der Waals surface area (Å²) in [5, 5.41) is 20.3. The number of epoxide rings is 1. The monoisotopic (exact) mass is 320 g/mol. The van der Waals surface area contributed by atoms with Crippen molar-refractivity contribution in [1.82, 2.24) is 0 Å². The molecule has 3 heteroatoms. The Hall–Kier alpha value is -0.640. The Morgan fingerprint density at radius 1 is 1.30 bits per heavy atom. The molecule has 3 nitrogen and oxygen atoms in total. The Morgan fingerprint density at radius 2 is 2.00 bits per heavy atom. The van der Waals surface area contributed by atoms with Gasteiger partial charge in [-0.25, -0.2) is 0 Å². The van der Waals surface area contributed by atoms with Gasteiger partial charge in [0.2, 0.25) is 0 Å². The zero-order valence-electron chi connectivity index (χ0n) is 15.0. The normalized spacial score (nSPS) is 44.5. The number of aliphatic hydroxyl groups excluding tert-OH is 1. The van der Waals surface area contributed by atoms with Crippen molar-refractivity contribution in [3.8, 4) is 0 Å². The van der Waals surface area contributed by atoms with Gasteiger partial charge in [-0.1, -0.05) is 25.7 Å². The molecule has 3 fully saturated rings. The van der Waals surface area contributed by atoms with Crippen molar-refractivity contribution in [1.29, 1.82) is 0 Å². The standard InChI is InChI=1S/C20H32O3/c1-13(16(21)8-9-18(2,3)22)14-6-10-19(4)12-17-20(5,23-17)11-7-15(14)19/h8-9,14-17,21-22H,1,6-7,10-12H2,2-5H3/b9-8+/t14-,15-,16+,17-,19+,20+/m1/s1. The molecule has 0 aromatic carbocycles. The summed E-state index contributed by atoms with van der Waals surface area (Å²) in [5.74, 6) is 0.968. The van der Waals surface area contributed by atoms with Gasteiger partial charge < -0.3 is 14.9 Å². The van der Waals surface area contributed by atoms with Gasteiger partial charge in [-0.2, -0.15) is 0 Å². The fourth-order valence-electron chi connectivity index (χ4n) is 4.91. The van der Waals surface area contributed by atoms with E-state index in [9.17, 15) is 10.2 Å². The SMILES string of the molecule is C=C([C@H]1CC[C@@]2(C)C[C@H]3O[C@@]3(C)CC[C@H]12)[C@@H](O)/C=C/C(C)(C)O. The molecule has 130 valence electrons. The second-order valence-electron chi connectivity index (χ2n) is 9.10. The van der Waals surface area contributed by atoms with Crippen LogP contribution in [0.3, 0.4) is 0 Å². The highest BCUT2D eigenvalue weighted by atomic mass is 16.6. The quantitative estimate of drug-likeness (QED) is 0.614. The van der Waals surface area contributed by atoms with Crippen LogP contribution in [-0.2, 0) is 4.74 Å². The third-order valence-corrected chi connectivity index (χ3v) is 6.59. The van der Waals surface area contributed by atoms with Gasteiger partial charge in [0, 0.05) is 0 Å². The minimum atomic E-state index is -0.902. The Balaban J connectivity index is 1.71. The summed E-state index contributed by atoms with van der Waals surface area (Å²) in [5.41, 5.74) is 0.437. The molecule has 0 spiro atoms. The molecule has 3 rings (SSSR count). The molecule has 0 radical (unpaired) electrons. The van der Waals surface area contributed by atoms with Gasteiger partial charge in [0.05, 0.1) is 23.4 Å². The fourth-order valence-corrected chi connectivity index (χ4v) is 4.91. The highest BCUT2D eigenvalue weighted by Crippen LogP contribution is 2.61. The van der Waals surface area contributed by atoms with Crippen LogP contribution in [0.25, 0.3) is 0 Å². The van der Waals surface area contributed by atoms with Crippen LogP contribution in [0.4, 0.5) is 0 Å². The number of rotatable bonds is 4. The van der Waals surface area contributed by atoms with E-state index < -0.39 is 11.7 Å². The molecule has 0 aromatic rings. The topological polar surface area (TPSA) is 53.0 Å². The van der Waals surface area contributed by atoms with Gasteiger partial charge in [-0.3, -0.25) is 0 Å². The molecule has 23 heavy (non-hydrogen) atoms. The molecule has 0 bridgehead atoms. The molecular formula is C20H32O3. The summed E-state index contributed by atoms with van der Waals surface area (Å²) in [6.45, 7) is 12.3. The average Bonchev–Trinajstić information content (AvgIpc) is 2.96. The van der Waals surface area contributed by atoms with Gasteiger partial charge in [-0.15, -0.1) is 0 Å². The van der Waals surface area contributed by atoms with E-state index in [4.69, 9.17) is 4.74 Å². The molecule has 0 amide bonds. The number of hydrogen-bond donors (Lipinski definition) is 2. The molecule has 2 saturated carbocycles. The van der Waals surface area contributed by atoms with E-state index in [2.05, 4.69) is 20.4 Å². The van der Waals surface area contributed by atoms with Crippen LogP contribution in [-0.4, -0.2) is 33.6 Å². The van der Waals surface area contributed by atoms with Crippen molar-refractivity contribution < 1.29 is 14.9 Å². The molecule has 0 unspecified atom stereocenters. The summed E-state index contributed by atoms with van der Waals surface area (Å²) in [6.07, 6.45) is 8.85. The van der Waals surface area contributed by atoms with Crippen LogP contribution in [0.5, 0.6) is 0 Å². The number of ether oxygens (including phenoxy) is 1. The van der Waals surface area contributed by atoms with E-state index in [-0.39, 0.29) is 5.60 Å². The van der Waals surface area contributed by atoms with Gasteiger partial charge in [0.25, 0.3) is 0 Å². The zero-order chi connectivity index (χ0) is 17.0. The predicted molar refractivity (Wildman–Crippen MR) is 92.0 cm³/mol. The van der Waals surface area contributed by atoms with E-state index in [1.54, 1.807) is 26.0 Å². The maximum absolute atomic E-state index is 10.5. The number of aliphatic hydroxyl groups is 2. The summed E-state index contributed by atoms with van der Waals surface area (Å²) >= 11 is 0. The second-order valence-corrected chi connectivity index (χ2v) is 9.10. The van der Waals surface area contributed by atoms with Gasteiger partial charge in [0.1, 0.15) is 0 Å². The number of hydrogen-bond acceptors (Lipinski definition) is 3. The van der Waals surface area contributed by atoms with Crippen LogP contribution in [0.1, 0.15) is 59.8 Å². The van der Waals surface area contributed by atoms with E-state index in [0.717, 1.165) is 31.3 Å². The summed E-state index contributed by atoms with van der Waals surface area (Å²) in [4.78, 5) is 0. The smallest absolute Gasteiger partial charge is 0.0933 e. The Labute approximate surface area is 140 Å². The molecule has 2 N–H and O–H groups in total. The van der Waals surface area contributed by atoms with E-state index in [0.29, 0.717) is 23.4 Å². The molecular weight excluding hydrogens is 288 g/mol. The van der Waals surface area contributed by atoms with Crippen molar-refractivity contribution in [2.45, 2.75) is 83.2 Å². The minimum Gasteiger partial charge on any atom is -0.386 e. The maximum Gasteiger partial charge on any atom is 0.0933 e. The Kier molecular flexibility index (Phi) is 4.06. The highest BCUT2D eigenvalue weighted by Gasteiger charge is 2.60. The fraction of sp³-hybridized carbons (Fsp3) is 0.800. The van der Waals surface area contributed by atoms with Gasteiger partial charge in [-0.05, 0) is 75.7 Å². The molecule has 0 aromatic heterocycles. The largest absolute Gasteiger partial charge is 0.386 e. The van der Waals surface area contributed by atoms with Gasteiger partial charge in [0.15, 0.2) is 0 Å². The van der Waals surface area contributed by atoms with E-state index in [1.807, 2.05) is 0 Å². The molecule has 1 aliphatic heterocycles. The van der Waals surface area contributed by atoms with Crippen LogP contribution in [0.2, 0.25) is 0 Å². The van der Waals surface area contributed by atoms with Crippen LogP contribution in [0.15, 0.2) is 24.3 Å². The molecule has 1 saturated heterocycles. The van der Waals surface area contributed by atoms with Crippen molar-refractivity contribution in [3.05, 3.63) is 24.3 Å². The average molecular weight is 320 g/mol. The lowest BCUT2D eigenvalue weighted by atomic mass is 9.71. The first-order valence-corrected chi connectivity index (χ1v) is 9.00. The lowest BCUT2D eigenvalue weighted by Gasteiger charge is -2.34. The third kappa shape index (κ3) is 3.29. The molecule has 1 heterocycles. The molecule has 3 aliphatic rings. The van der Waals surface area contributed by atoms with E-state index >= 15 is 0 Å². The summed E-state index contributed by atoms with van der Waals surface area (Å²) in [6, 6.07) is 0. The summed E-state index contributed by atoms with van der Waals surface area (Å²) < 4.78 is 5.93. The van der Waals surface area contributed by atoms with Gasteiger partial charge >= 0.3 is 0 Å².